The van der Waals surface area contributed by atoms with Crippen LogP contribution in [0.5, 0.6) is 11.5 Å². The van der Waals surface area contributed by atoms with E-state index in [1.165, 1.54) is 14.2 Å². The monoisotopic (exact) mass is 486 g/mol. The first kappa shape index (κ1) is 23.5. The van der Waals surface area contributed by atoms with Gasteiger partial charge >= 0.3 is 6.18 Å². The minimum Gasteiger partial charge on any atom is -0.493 e. The van der Waals surface area contributed by atoms with Gasteiger partial charge in [0.2, 0.25) is 0 Å². The normalized spacial score (nSPS) is 23.0. The van der Waals surface area contributed by atoms with E-state index >= 15 is 0 Å². The molecular weight excluding hydrogens is 461 g/mol. The van der Waals surface area contributed by atoms with Crippen molar-refractivity contribution in [3.8, 4) is 11.5 Å². The van der Waals surface area contributed by atoms with E-state index in [0.29, 0.717) is 23.6 Å². The summed E-state index contributed by atoms with van der Waals surface area (Å²) in [6.45, 7) is 2.45. The van der Waals surface area contributed by atoms with Crippen molar-refractivity contribution in [3.05, 3.63) is 34.5 Å². The number of piperidine rings is 1. The molecule has 0 radical (unpaired) electrons. The van der Waals surface area contributed by atoms with Gasteiger partial charge in [-0.25, -0.2) is 4.68 Å². The van der Waals surface area contributed by atoms with Crippen molar-refractivity contribution in [2.75, 3.05) is 26.1 Å². The van der Waals surface area contributed by atoms with Gasteiger partial charge < -0.3 is 19.7 Å². The third-order valence-corrected chi connectivity index (χ3v) is 6.73. The topological polar surface area (TPSA) is 68.6 Å². The predicted octanol–water partition coefficient (Wildman–Crippen LogP) is 5.23. The fourth-order valence-electron chi connectivity index (χ4n) is 4.55. The number of anilines is 1. The minimum absolute atomic E-state index is 0.0157. The summed E-state index contributed by atoms with van der Waals surface area (Å²) < 4.78 is 53.5. The standard InChI is InChI=1S/C22H26ClF3N4O3/c1-12-6-4-5-9-29(12)21(31)19-18(23)20-27-14(11-17(22(24,25)26)30(20)28-19)13-7-8-15(32-2)16(10-13)33-3/h7-8,10,12,14,17,27H,4-6,9,11H2,1-3H3/t12-,14-,17-/m0/s1. The Labute approximate surface area is 194 Å². The van der Waals surface area contributed by atoms with Gasteiger partial charge in [0.25, 0.3) is 5.91 Å². The number of carbonyl (C=O) groups is 1. The molecule has 1 N–H and O–H groups in total. The highest BCUT2D eigenvalue weighted by molar-refractivity contribution is 6.36. The summed E-state index contributed by atoms with van der Waals surface area (Å²) in [5.41, 5.74) is 0.415. The fourth-order valence-corrected chi connectivity index (χ4v) is 4.81. The summed E-state index contributed by atoms with van der Waals surface area (Å²) in [4.78, 5) is 14.8. The second-order valence-electron chi connectivity index (χ2n) is 8.40. The van der Waals surface area contributed by atoms with Crippen molar-refractivity contribution in [3.63, 3.8) is 0 Å². The molecule has 33 heavy (non-hydrogen) atoms. The van der Waals surface area contributed by atoms with E-state index in [0.717, 1.165) is 23.9 Å². The van der Waals surface area contributed by atoms with E-state index < -0.39 is 24.2 Å². The largest absolute Gasteiger partial charge is 0.493 e. The van der Waals surface area contributed by atoms with Gasteiger partial charge in [-0.1, -0.05) is 17.7 Å². The molecule has 1 amide bonds. The van der Waals surface area contributed by atoms with Crippen LogP contribution < -0.4 is 14.8 Å². The molecule has 2 aliphatic heterocycles. The van der Waals surface area contributed by atoms with Crippen LogP contribution in [0, 0.1) is 0 Å². The molecule has 0 unspecified atom stereocenters. The van der Waals surface area contributed by atoms with Crippen molar-refractivity contribution in [2.45, 2.75) is 56.9 Å². The van der Waals surface area contributed by atoms with Crippen molar-refractivity contribution >= 4 is 23.3 Å². The highest BCUT2D eigenvalue weighted by Gasteiger charge is 2.48. The van der Waals surface area contributed by atoms with Crippen LogP contribution in [0.15, 0.2) is 18.2 Å². The molecule has 2 aromatic rings. The van der Waals surface area contributed by atoms with Gasteiger partial charge in [-0.3, -0.25) is 4.79 Å². The Bertz CT molecular complexity index is 1040. The van der Waals surface area contributed by atoms with E-state index in [2.05, 4.69) is 10.4 Å². The number of hydrogen-bond donors (Lipinski definition) is 1. The number of halogens is 4. The number of nitrogens with one attached hydrogen (secondary N) is 1. The molecule has 3 atom stereocenters. The molecule has 1 aromatic heterocycles. The van der Waals surface area contributed by atoms with Crippen molar-refractivity contribution < 1.29 is 27.4 Å². The number of fused-ring (bicyclic) bond motifs is 1. The molecular formula is C22H26ClF3N4O3. The Morgan fingerprint density at radius 3 is 2.58 bits per heavy atom. The lowest BCUT2D eigenvalue weighted by molar-refractivity contribution is -0.173. The molecule has 1 aromatic carbocycles. The number of carbonyl (C=O) groups excluding carboxylic acids is 1. The Hall–Kier alpha value is -2.62. The van der Waals surface area contributed by atoms with E-state index in [-0.39, 0.29) is 29.0 Å². The van der Waals surface area contributed by atoms with E-state index in [1.807, 2.05) is 6.92 Å². The number of alkyl halides is 3. The van der Waals surface area contributed by atoms with Crippen molar-refractivity contribution in [1.29, 1.82) is 0 Å². The lowest BCUT2D eigenvalue weighted by Gasteiger charge is -2.33. The first-order valence-electron chi connectivity index (χ1n) is 10.8. The van der Waals surface area contributed by atoms with Crippen molar-refractivity contribution in [1.82, 2.24) is 14.7 Å². The number of benzene rings is 1. The van der Waals surface area contributed by atoms with Crippen LogP contribution in [-0.2, 0) is 0 Å². The number of rotatable bonds is 4. The molecule has 7 nitrogen and oxygen atoms in total. The Morgan fingerprint density at radius 1 is 1.21 bits per heavy atom. The number of aromatic nitrogens is 2. The Balaban J connectivity index is 1.73. The maximum atomic E-state index is 14.1. The highest BCUT2D eigenvalue weighted by atomic mass is 35.5. The summed E-state index contributed by atoms with van der Waals surface area (Å²) >= 11 is 6.47. The molecule has 1 saturated heterocycles. The average molecular weight is 487 g/mol. The van der Waals surface area contributed by atoms with Crippen LogP contribution in [0.3, 0.4) is 0 Å². The number of hydrogen-bond acceptors (Lipinski definition) is 5. The first-order valence-corrected chi connectivity index (χ1v) is 11.2. The van der Waals surface area contributed by atoms with Crippen LogP contribution in [0.2, 0.25) is 5.02 Å². The van der Waals surface area contributed by atoms with Gasteiger partial charge in [0.15, 0.2) is 23.2 Å². The maximum absolute atomic E-state index is 14.1. The third-order valence-electron chi connectivity index (χ3n) is 6.37. The smallest absolute Gasteiger partial charge is 0.410 e. The first-order chi connectivity index (χ1) is 15.7. The summed E-state index contributed by atoms with van der Waals surface area (Å²) in [6.07, 6.45) is -2.23. The van der Waals surface area contributed by atoms with Crippen LogP contribution in [-0.4, -0.2) is 53.6 Å². The lowest BCUT2D eigenvalue weighted by Crippen LogP contribution is -2.42. The van der Waals surface area contributed by atoms with Gasteiger partial charge in [-0.2, -0.15) is 18.3 Å². The van der Waals surface area contributed by atoms with Gasteiger partial charge in [0.05, 0.1) is 20.3 Å². The van der Waals surface area contributed by atoms with Crippen molar-refractivity contribution in [2.24, 2.45) is 0 Å². The van der Waals surface area contributed by atoms with Crippen LogP contribution in [0.25, 0.3) is 0 Å². The minimum atomic E-state index is -4.58. The zero-order valence-corrected chi connectivity index (χ0v) is 19.3. The number of amides is 1. The molecule has 3 heterocycles. The molecule has 11 heteroatoms. The van der Waals surface area contributed by atoms with Crippen LogP contribution >= 0.6 is 11.6 Å². The van der Waals surface area contributed by atoms with Crippen LogP contribution in [0.1, 0.15) is 60.7 Å². The number of likely N-dealkylation sites (tertiary alicyclic amines) is 1. The average Bonchev–Trinajstić information content (AvgIpc) is 3.13. The molecule has 180 valence electrons. The molecule has 0 saturated carbocycles. The third kappa shape index (κ3) is 4.32. The maximum Gasteiger partial charge on any atom is 0.410 e. The summed E-state index contributed by atoms with van der Waals surface area (Å²) in [7, 11) is 2.94. The molecule has 2 aliphatic rings. The Morgan fingerprint density at radius 2 is 1.94 bits per heavy atom. The number of methoxy groups -OCH3 is 2. The Kier molecular flexibility index (Phi) is 6.39. The van der Waals surface area contributed by atoms with Crippen LogP contribution in [0.4, 0.5) is 19.0 Å². The summed E-state index contributed by atoms with van der Waals surface area (Å²) in [6, 6.07) is 2.25. The molecule has 0 aliphatic carbocycles. The van der Waals surface area contributed by atoms with E-state index in [4.69, 9.17) is 21.1 Å². The lowest BCUT2D eigenvalue weighted by atomic mass is 9.96. The zero-order chi connectivity index (χ0) is 23.9. The second-order valence-corrected chi connectivity index (χ2v) is 8.78. The summed E-state index contributed by atoms with van der Waals surface area (Å²) in [5, 5.41) is 7.03. The SMILES string of the molecule is COc1ccc([C@@H]2C[C@@H](C(F)(F)F)n3nc(C(=O)N4CCCC[C@@H]4C)c(Cl)c3N2)cc1OC. The van der Waals surface area contributed by atoms with E-state index in [1.54, 1.807) is 23.1 Å². The summed E-state index contributed by atoms with van der Waals surface area (Å²) in [5.74, 6) is 0.411. The molecule has 4 rings (SSSR count). The second kappa shape index (κ2) is 8.96. The number of nitrogens with zero attached hydrogens (tertiary/aromatic N) is 3. The molecule has 0 spiro atoms. The highest BCUT2D eigenvalue weighted by Crippen LogP contribution is 2.47. The van der Waals surface area contributed by atoms with Gasteiger partial charge in [-0.05, 0) is 43.9 Å². The zero-order valence-electron chi connectivity index (χ0n) is 18.6. The predicted molar refractivity (Wildman–Crippen MR) is 117 cm³/mol. The van der Waals surface area contributed by atoms with E-state index in [9.17, 15) is 18.0 Å². The van der Waals surface area contributed by atoms with Gasteiger partial charge in [0, 0.05) is 19.0 Å². The molecule has 1 fully saturated rings. The quantitative estimate of drug-likeness (QED) is 0.641. The molecule has 0 bridgehead atoms. The fraction of sp³-hybridized carbons (Fsp3) is 0.545. The number of ether oxygens (including phenoxy) is 2. The van der Waals surface area contributed by atoms with Gasteiger partial charge in [-0.15, -0.1) is 0 Å². The van der Waals surface area contributed by atoms with Gasteiger partial charge in [0.1, 0.15) is 10.8 Å².